The lowest BCUT2D eigenvalue weighted by Gasteiger charge is -2.23. The van der Waals surface area contributed by atoms with Gasteiger partial charge >= 0.3 is 0 Å². The molecule has 0 amide bonds. The van der Waals surface area contributed by atoms with E-state index in [-0.39, 0.29) is 0 Å². The van der Waals surface area contributed by atoms with Gasteiger partial charge in [-0.25, -0.2) is 0 Å². The van der Waals surface area contributed by atoms with Gasteiger partial charge in [-0.3, -0.25) is 4.98 Å². The van der Waals surface area contributed by atoms with Crippen molar-refractivity contribution in [3.8, 4) is 0 Å². The molecule has 1 aromatic carbocycles. The largest absolute Gasteiger partial charge is 0.367 e. The van der Waals surface area contributed by atoms with Crippen molar-refractivity contribution in [2.45, 2.75) is 13.5 Å². The molecule has 0 bridgehead atoms. The van der Waals surface area contributed by atoms with Crippen molar-refractivity contribution >= 4 is 21.6 Å². The van der Waals surface area contributed by atoms with Crippen LogP contribution < -0.4 is 4.90 Å². The molecule has 2 aromatic rings. The van der Waals surface area contributed by atoms with E-state index in [0.29, 0.717) is 0 Å². The normalized spacial score (nSPS) is 10.2. The topological polar surface area (TPSA) is 16.1 Å². The van der Waals surface area contributed by atoms with Gasteiger partial charge < -0.3 is 4.90 Å². The van der Waals surface area contributed by atoms with E-state index in [1.807, 2.05) is 12.4 Å². The summed E-state index contributed by atoms with van der Waals surface area (Å²) in [6.45, 7) is 4.08. The van der Waals surface area contributed by atoms with E-state index in [4.69, 9.17) is 0 Å². The number of rotatable bonds is 4. The molecular weight excluding hydrogens is 276 g/mol. The van der Waals surface area contributed by atoms with Crippen molar-refractivity contribution in [2.75, 3.05) is 11.4 Å². The maximum atomic E-state index is 4.04. The summed E-state index contributed by atoms with van der Waals surface area (Å²) in [7, 11) is 0. The first-order valence-corrected chi connectivity index (χ1v) is 6.48. The summed E-state index contributed by atoms with van der Waals surface area (Å²) in [4.78, 5) is 6.37. The van der Waals surface area contributed by atoms with E-state index >= 15 is 0 Å². The fourth-order valence-corrected chi connectivity index (χ4v) is 2.01. The number of hydrogen-bond acceptors (Lipinski definition) is 2. The Hall–Kier alpha value is -1.35. The second kappa shape index (κ2) is 5.82. The van der Waals surface area contributed by atoms with Crippen LogP contribution in [0.3, 0.4) is 0 Å². The number of hydrogen-bond donors (Lipinski definition) is 0. The lowest BCUT2D eigenvalue weighted by molar-refractivity contribution is 0.830. The maximum absolute atomic E-state index is 4.04. The first-order valence-electron chi connectivity index (χ1n) is 5.69. The van der Waals surface area contributed by atoms with Crippen molar-refractivity contribution in [1.29, 1.82) is 0 Å². The van der Waals surface area contributed by atoms with Gasteiger partial charge in [-0.1, -0.05) is 15.9 Å². The minimum Gasteiger partial charge on any atom is -0.367 e. The number of anilines is 1. The Labute approximate surface area is 110 Å². The lowest BCUT2D eigenvalue weighted by Crippen LogP contribution is -2.21. The fourth-order valence-electron chi connectivity index (χ4n) is 1.75. The molecule has 0 N–H and O–H groups in total. The Kier molecular flexibility index (Phi) is 4.15. The zero-order chi connectivity index (χ0) is 12.1. The molecule has 0 aliphatic carbocycles. The molecule has 0 fully saturated rings. The summed E-state index contributed by atoms with van der Waals surface area (Å²) in [5.41, 5.74) is 2.53. The molecule has 1 aromatic heterocycles. The van der Waals surface area contributed by atoms with E-state index in [9.17, 15) is 0 Å². The van der Waals surface area contributed by atoms with Crippen LogP contribution in [0.4, 0.5) is 5.69 Å². The molecule has 0 aliphatic rings. The van der Waals surface area contributed by atoms with Gasteiger partial charge in [-0.05, 0) is 48.9 Å². The van der Waals surface area contributed by atoms with Crippen LogP contribution in [-0.2, 0) is 6.54 Å². The molecule has 0 saturated heterocycles. The number of aromatic nitrogens is 1. The highest BCUT2D eigenvalue weighted by atomic mass is 79.9. The Morgan fingerprint density at radius 3 is 2.29 bits per heavy atom. The fraction of sp³-hybridized carbons (Fsp3) is 0.214. The zero-order valence-corrected chi connectivity index (χ0v) is 11.4. The van der Waals surface area contributed by atoms with E-state index in [2.05, 4.69) is 69.1 Å². The SMILES string of the molecule is CCN(Cc1ccncc1)c1ccc(Br)cc1. The van der Waals surface area contributed by atoms with Gasteiger partial charge in [-0.15, -0.1) is 0 Å². The number of benzene rings is 1. The van der Waals surface area contributed by atoms with Gasteiger partial charge in [0.15, 0.2) is 0 Å². The molecule has 0 unspecified atom stereocenters. The third-order valence-corrected chi connectivity index (χ3v) is 3.22. The quantitative estimate of drug-likeness (QED) is 0.850. The van der Waals surface area contributed by atoms with Crippen LogP contribution >= 0.6 is 15.9 Å². The number of nitrogens with zero attached hydrogens (tertiary/aromatic N) is 2. The third-order valence-electron chi connectivity index (χ3n) is 2.70. The monoisotopic (exact) mass is 290 g/mol. The molecule has 88 valence electrons. The average Bonchev–Trinajstić information content (AvgIpc) is 2.38. The van der Waals surface area contributed by atoms with E-state index in [1.54, 1.807) is 0 Å². The molecule has 0 radical (unpaired) electrons. The summed E-state index contributed by atoms with van der Waals surface area (Å²) >= 11 is 3.46. The van der Waals surface area contributed by atoms with Crippen LogP contribution in [0.1, 0.15) is 12.5 Å². The van der Waals surface area contributed by atoms with Crippen molar-refractivity contribution in [2.24, 2.45) is 0 Å². The van der Waals surface area contributed by atoms with Crippen LogP contribution in [0.2, 0.25) is 0 Å². The third kappa shape index (κ3) is 3.30. The first-order chi connectivity index (χ1) is 8.29. The molecule has 0 saturated carbocycles. The molecule has 3 heteroatoms. The Morgan fingerprint density at radius 1 is 1.06 bits per heavy atom. The van der Waals surface area contributed by atoms with Crippen LogP contribution in [0.15, 0.2) is 53.3 Å². The summed E-state index contributed by atoms with van der Waals surface area (Å²) in [5, 5.41) is 0. The highest BCUT2D eigenvalue weighted by Gasteiger charge is 2.04. The summed E-state index contributed by atoms with van der Waals surface area (Å²) in [6, 6.07) is 12.5. The average molecular weight is 291 g/mol. The molecule has 0 spiro atoms. The van der Waals surface area contributed by atoms with Crippen molar-refractivity contribution < 1.29 is 0 Å². The van der Waals surface area contributed by atoms with Crippen molar-refractivity contribution in [3.05, 3.63) is 58.8 Å². The smallest absolute Gasteiger partial charge is 0.0430 e. The van der Waals surface area contributed by atoms with Crippen molar-refractivity contribution in [1.82, 2.24) is 4.98 Å². The van der Waals surface area contributed by atoms with Crippen molar-refractivity contribution in [3.63, 3.8) is 0 Å². The highest BCUT2D eigenvalue weighted by Crippen LogP contribution is 2.19. The van der Waals surface area contributed by atoms with E-state index in [1.165, 1.54) is 11.3 Å². The Morgan fingerprint density at radius 2 is 1.71 bits per heavy atom. The van der Waals surface area contributed by atoms with E-state index in [0.717, 1.165) is 17.6 Å². The molecule has 0 aliphatic heterocycles. The second-order valence-corrected chi connectivity index (χ2v) is 4.76. The Bertz CT molecular complexity index is 453. The Balaban J connectivity index is 2.14. The van der Waals surface area contributed by atoms with Crippen LogP contribution in [0.5, 0.6) is 0 Å². The predicted octanol–water partition coefficient (Wildman–Crippen LogP) is 3.87. The summed E-state index contributed by atoms with van der Waals surface area (Å²) in [5.74, 6) is 0. The van der Waals surface area contributed by atoms with Gasteiger partial charge in [0.05, 0.1) is 0 Å². The van der Waals surface area contributed by atoms with Crippen LogP contribution in [0.25, 0.3) is 0 Å². The standard InChI is InChI=1S/C14H15BrN2/c1-2-17(11-12-7-9-16-10-8-12)14-5-3-13(15)4-6-14/h3-10H,2,11H2,1H3. The number of pyridine rings is 1. The minimum atomic E-state index is 0.917. The van der Waals surface area contributed by atoms with Gasteiger partial charge in [0.1, 0.15) is 0 Å². The summed E-state index contributed by atoms with van der Waals surface area (Å²) < 4.78 is 1.11. The second-order valence-electron chi connectivity index (χ2n) is 3.85. The molecule has 17 heavy (non-hydrogen) atoms. The molecular formula is C14H15BrN2. The highest BCUT2D eigenvalue weighted by molar-refractivity contribution is 9.10. The van der Waals surface area contributed by atoms with Crippen LogP contribution in [-0.4, -0.2) is 11.5 Å². The maximum Gasteiger partial charge on any atom is 0.0430 e. The van der Waals surface area contributed by atoms with Crippen LogP contribution in [0, 0.1) is 0 Å². The van der Waals surface area contributed by atoms with E-state index < -0.39 is 0 Å². The van der Waals surface area contributed by atoms with Gasteiger partial charge in [0.2, 0.25) is 0 Å². The molecule has 2 nitrogen and oxygen atoms in total. The van der Waals surface area contributed by atoms with Gasteiger partial charge in [0.25, 0.3) is 0 Å². The zero-order valence-electron chi connectivity index (χ0n) is 9.81. The molecule has 2 rings (SSSR count). The molecule has 0 atom stereocenters. The first kappa shape index (κ1) is 12.1. The summed E-state index contributed by atoms with van der Waals surface area (Å²) in [6.07, 6.45) is 3.68. The van der Waals surface area contributed by atoms with Gasteiger partial charge in [0, 0.05) is 35.6 Å². The predicted molar refractivity (Wildman–Crippen MR) is 75.1 cm³/mol. The lowest BCUT2D eigenvalue weighted by atomic mass is 10.2. The minimum absolute atomic E-state index is 0.917. The molecule has 1 heterocycles. The number of halogens is 1. The van der Waals surface area contributed by atoms with Gasteiger partial charge in [-0.2, -0.15) is 0 Å².